The van der Waals surface area contributed by atoms with Crippen LogP contribution in [0.15, 0.2) is 46.8 Å². The molecule has 0 aromatic heterocycles. The Kier molecular flexibility index (Phi) is 7.18. The zero-order chi connectivity index (χ0) is 14.1. The molecule has 104 valence electrons. The zero-order valence-electron chi connectivity index (χ0n) is 10.9. The van der Waals surface area contributed by atoms with Crippen molar-refractivity contribution in [1.29, 1.82) is 0 Å². The maximum atomic E-state index is 12.0. The zero-order valence-corrected chi connectivity index (χ0v) is 12.5. The number of nitrogens with two attached hydrogens (primary N) is 1. The molecule has 0 aliphatic heterocycles. The third-order valence-corrected chi connectivity index (χ3v) is 2.92. The minimum Gasteiger partial charge on any atom is -0.484 e. The van der Waals surface area contributed by atoms with Gasteiger partial charge in [0.05, 0.1) is 12.4 Å². The molecule has 0 unspecified atom stereocenters. The number of benzene rings is 1. The Morgan fingerprint density at radius 3 is 2.63 bits per heavy atom. The van der Waals surface area contributed by atoms with Crippen LogP contribution in [-0.2, 0) is 11.3 Å². The molecule has 0 saturated carbocycles. The Morgan fingerprint density at radius 2 is 2.05 bits per heavy atom. The van der Waals surface area contributed by atoms with Crippen LogP contribution >= 0.6 is 15.9 Å². The summed E-state index contributed by atoms with van der Waals surface area (Å²) in [5.41, 5.74) is 7.36. The highest BCUT2D eigenvalue weighted by molar-refractivity contribution is 9.18. The van der Waals surface area contributed by atoms with Crippen LogP contribution in [0, 0.1) is 0 Å². The molecule has 1 rings (SSSR count). The molecule has 19 heavy (non-hydrogen) atoms. The Morgan fingerprint density at radius 1 is 1.37 bits per heavy atom. The van der Waals surface area contributed by atoms with Gasteiger partial charge in [-0.2, -0.15) is 0 Å². The van der Waals surface area contributed by atoms with E-state index in [1.165, 1.54) is 0 Å². The lowest BCUT2D eigenvalue weighted by atomic mass is 10.2. The lowest BCUT2D eigenvalue weighted by Gasteiger charge is -2.11. The average molecular weight is 329 g/mol. The second kappa shape index (κ2) is 8.69. The fraction of sp³-hybridized carbons (Fsp3) is 0.357. The Balaban J connectivity index is 2.64. The molecule has 1 aromatic carbocycles. The number of hydrogen-bond donors (Lipinski definition) is 1. The Hall–Kier alpha value is -1.36. The normalized spacial score (nSPS) is 13.1. The van der Waals surface area contributed by atoms with Crippen LogP contribution in [0.5, 0.6) is 0 Å². The molecule has 2 N–H and O–H groups in total. The Bertz CT molecular complexity index is 442. The quantitative estimate of drug-likeness (QED) is 0.472. The summed E-state index contributed by atoms with van der Waals surface area (Å²) in [6.07, 6.45) is 0.394. The van der Waals surface area contributed by atoms with Crippen LogP contribution in [0.2, 0.25) is 0 Å². The molecule has 0 atom stereocenters. The van der Waals surface area contributed by atoms with Crippen molar-refractivity contribution in [3.63, 3.8) is 0 Å². The molecule has 0 saturated heterocycles. The number of hydrogen-bond acceptors (Lipinski definition) is 3. The predicted molar refractivity (Wildman–Crippen MR) is 79.9 cm³/mol. The van der Waals surface area contributed by atoms with Crippen LogP contribution < -0.4 is 5.73 Å². The van der Waals surface area contributed by atoms with Gasteiger partial charge in [-0.05, 0) is 34.8 Å². The lowest BCUT2D eigenvalue weighted by molar-refractivity contribution is 0.215. The topological polar surface area (TPSA) is 47.6 Å². The number of rotatable bonds is 7. The van der Waals surface area contributed by atoms with E-state index in [1.807, 2.05) is 30.3 Å². The molecular formula is C14H18BrFN2O. The SMILES string of the molecule is C/C(N)=C(\OCc1ccccc1)C(Br)=NCCCF. The number of halogens is 2. The monoisotopic (exact) mass is 328 g/mol. The van der Waals surface area contributed by atoms with Gasteiger partial charge in [-0.15, -0.1) is 0 Å². The summed E-state index contributed by atoms with van der Waals surface area (Å²) < 4.78 is 18.2. The van der Waals surface area contributed by atoms with E-state index in [-0.39, 0.29) is 6.67 Å². The van der Waals surface area contributed by atoms with Gasteiger partial charge in [0.25, 0.3) is 0 Å². The second-order valence-corrected chi connectivity index (χ2v) is 4.75. The van der Waals surface area contributed by atoms with Crippen molar-refractivity contribution in [2.24, 2.45) is 10.7 Å². The summed E-state index contributed by atoms with van der Waals surface area (Å²) in [5.74, 6) is 0.503. The van der Waals surface area contributed by atoms with Gasteiger partial charge in [0.15, 0.2) is 5.76 Å². The third-order valence-electron chi connectivity index (χ3n) is 2.31. The summed E-state index contributed by atoms with van der Waals surface area (Å²) in [7, 11) is 0. The number of ether oxygens (including phenoxy) is 1. The summed E-state index contributed by atoms with van der Waals surface area (Å²) in [6, 6.07) is 9.78. The van der Waals surface area contributed by atoms with E-state index in [0.29, 0.717) is 35.6 Å². The largest absolute Gasteiger partial charge is 0.484 e. The summed E-state index contributed by atoms with van der Waals surface area (Å²) in [4.78, 5) is 4.18. The molecular weight excluding hydrogens is 311 g/mol. The van der Waals surface area contributed by atoms with Gasteiger partial charge in [-0.25, -0.2) is 0 Å². The molecule has 0 fully saturated rings. The van der Waals surface area contributed by atoms with E-state index in [1.54, 1.807) is 6.92 Å². The van der Waals surface area contributed by atoms with E-state index in [9.17, 15) is 4.39 Å². The van der Waals surface area contributed by atoms with E-state index in [0.717, 1.165) is 5.56 Å². The predicted octanol–water partition coefficient (Wildman–Crippen LogP) is 3.55. The standard InChI is InChI=1S/C14H18BrFN2O/c1-11(17)13(14(15)18-9-5-8-16)19-10-12-6-3-2-4-7-12/h2-4,6-7H,5,8-10,17H2,1H3/b13-11+,18-14?. The molecule has 0 amide bonds. The van der Waals surface area contributed by atoms with Gasteiger partial charge in [0, 0.05) is 6.54 Å². The smallest absolute Gasteiger partial charge is 0.170 e. The fourth-order valence-electron chi connectivity index (χ4n) is 1.37. The first kappa shape index (κ1) is 15.7. The maximum absolute atomic E-state index is 12.0. The molecule has 5 heteroatoms. The van der Waals surface area contributed by atoms with Crippen molar-refractivity contribution < 1.29 is 9.13 Å². The van der Waals surface area contributed by atoms with Crippen molar-refractivity contribution in [3.05, 3.63) is 47.4 Å². The number of nitrogens with zero attached hydrogens (tertiary/aromatic N) is 1. The summed E-state index contributed by atoms with van der Waals surface area (Å²) in [5, 5.41) is 0. The van der Waals surface area contributed by atoms with Gasteiger partial charge < -0.3 is 10.5 Å². The van der Waals surface area contributed by atoms with E-state index in [2.05, 4.69) is 20.9 Å². The molecule has 0 bridgehead atoms. The van der Waals surface area contributed by atoms with Crippen LogP contribution in [0.4, 0.5) is 4.39 Å². The fourth-order valence-corrected chi connectivity index (χ4v) is 1.98. The van der Waals surface area contributed by atoms with Crippen molar-refractivity contribution >= 4 is 20.6 Å². The van der Waals surface area contributed by atoms with Gasteiger partial charge in [0.2, 0.25) is 0 Å². The van der Waals surface area contributed by atoms with Crippen LogP contribution in [-0.4, -0.2) is 17.8 Å². The number of allylic oxidation sites excluding steroid dienone is 2. The van der Waals surface area contributed by atoms with Crippen molar-refractivity contribution in [2.75, 3.05) is 13.2 Å². The van der Waals surface area contributed by atoms with E-state index >= 15 is 0 Å². The van der Waals surface area contributed by atoms with Gasteiger partial charge in [-0.3, -0.25) is 9.38 Å². The highest BCUT2D eigenvalue weighted by Crippen LogP contribution is 2.13. The van der Waals surface area contributed by atoms with Gasteiger partial charge in [0.1, 0.15) is 11.2 Å². The third kappa shape index (κ3) is 5.87. The molecule has 1 aromatic rings. The van der Waals surface area contributed by atoms with Crippen molar-refractivity contribution in [2.45, 2.75) is 20.0 Å². The number of alkyl halides is 1. The first-order chi connectivity index (χ1) is 9.15. The van der Waals surface area contributed by atoms with E-state index < -0.39 is 0 Å². The molecule has 0 spiro atoms. The second-order valence-electron chi connectivity index (χ2n) is 4.00. The Labute approximate surface area is 121 Å². The lowest BCUT2D eigenvalue weighted by Crippen LogP contribution is -2.09. The molecule has 0 aliphatic carbocycles. The van der Waals surface area contributed by atoms with Crippen LogP contribution in [0.25, 0.3) is 0 Å². The minimum atomic E-state index is -0.380. The summed E-state index contributed by atoms with van der Waals surface area (Å²) in [6.45, 7) is 2.18. The van der Waals surface area contributed by atoms with Gasteiger partial charge >= 0.3 is 0 Å². The van der Waals surface area contributed by atoms with Crippen LogP contribution in [0.3, 0.4) is 0 Å². The number of aliphatic imine (C=N–C) groups is 1. The highest BCUT2D eigenvalue weighted by Gasteiger charge is 2.08. The first-order valence-electron chi connectivity index (χ1n) is 6.04. The first-order valence-corrected chi connectivity index (χ1v) is 6.83. The molecule has 0 radical (unpaired) electrons. The molecule has 0 heterocycles. The van der Waals surface area contributed by atoms with Gasteiger partial charge in [-0.1, -0.05) is 30.3 Å². The highest BCUT2D eigenvalue weighted by atomic mass is 79.9. The van der Waals surface area contributed by atoms with E-state index in [4.69, 9.17) is 10.5 Å². The maximum Gasteiger partial charge on any atom is 0.170 e. The van der Waals surface area contributed by atoms with Crippen LogP contribution in [0.1, 0.15) is 18.9 Å². The minimum absolute atomic E-state index is 0.380. The summed E-state index contributed by atoms with van der Waals surface area (Å²) >= 11 is 3.31. The molecule has 3 nitrogen and oxygen atoms in total. The van der Waals surface area contributed by atoms with Crippen molar-refractivity contribution in [3.8, 4) is 0 Å². The average Bonchev–Trinajstić information content (AvgIpc) is 2.40. The van der Waals surface area contributed by atoms with Crippen molar-refractivity contribution in [1.82, 2.24) is 0 Å². The molecule has 0 aliphatic rings.